The van der Waals surface area contributed by atoms with E-state index >= 15 is 0 Å². The van der Waals surface area contributed by atoms with Gasteiger partial charge in [0.1, 0.15) is 0 Å². The molecule has 1 atom stereocenters. The highest BCUT2D eigenvalue weighted by Crippen LogP contribution is 2.49. The Morgan fingerprint density at radius 2 is 1.76 bits per heavy atom. The number of nitrogens with one attached hydrogen (secondary N) is 1. The summed E-state index contributed by atoms with van der Waals surface area (Å²) in [5.74, 6) is -0.00352. The molecule has 0 radical (unpaired) electrons. The van der Waals surface area contributed by atoms with Crippen molar-refractivity contribution in [2.45, 2.75) is 42.0 Å². The molecule has 1 N–H and O–H groups in total. The summed E-state index contributed by atoms with van der Waals surface area (Å²) in [6, 6.07) is 16.9. The quantitative estimate of drug-likeness (QED) is 0.759. The van der Waals surface area contributed by atoms with Crippen molar-refractivity contribution in [3.05, 3.63) is 65.7 Å². The van der Waals surface area contributed by atoms with Crippen molar-refractivity contribution in [3.8, 4) is 0 Å². The number of sulfone groups is 1. The largest absolute Gasteiger partial charge is 0.347 e. The number of hydrogen-bond acceptors (Lipinski definition) is 4. The average molecular weight is 413 g/mol. The van der Waals surface area contributed by atoms with E-state index in [1.54, 1.807) is 18.2 Å². The number of likely N-dealkylation sites (tertiary alicyclic amines) is 1. The third-order valence-corrected chi connectivity index (χ3v) is 7.26. The molecule has 6 heteroatoms. The second-order valence-corrected chi connectivity index (χ2v) is 10.3. The summed E-state index contributed by atoms with van der Waals surface area (Å²) in [5, 5.41) is 3.29. The van der Waals surface area contributed by atoms with E-state index in [9.17, 15) is 13.2 Å². The first kappa shape index (κ1) is 20.1. The van der Waals surface area contributed by atoms with Crippen LogP contribution in [0.3, 0.4) is 0 Å². The fraction of sp³-hybridized carbons (Fsp3) is 0.435. The molecule has 2 aromatic rings. The predicted molar refractivity (Wildman–Crippen MR) is 113 cm³/mol. The Morgan fingerprint density at radius 3 is 2.38 bits per heavy atom. The van der Waals surface area contributed by atoms with Crippen LogP contribution in [0.4, 0.5) is 0 Å². The van der Waals surface area contributed by atoms with E-state index in [0.717, 1.165) is 43.6 Å². The monoisotopic (exact) mass is 412 g/mol. The molecule has 0 bridgehead atoms. The number of carbonyl (C=O) groups excluding carboxylic acids is 1. The highest BCUT2D eigenvalue weighted by Gasteiger charge is 2.52. The van der Waals surface area contributed by atoms with Crippen LogP contribution in [0, 0.1) is 0 Å². The lowest BCUT2D eigenvalue weighted by atomic mass is 9.94. The third kappa shape index (κ3) is 4.38. The van der Waals surface area contributed by atoms with Crippen molar-refractivity contribution in [2.24, 2.45) is 0 Å². The Kier molecular flexibility index (Phi) is 5.49. The van der Waals surface area contributed by atoms with E-state index in [0.29, 0.717) is 0 Å². The molecule has 4 rings (SSSR count). The number of amides is 1. The van der Waals surface area contributed by atoms with Crippen LogP contribution < -0.4 is 5.32 Å². The Labute approximate surface area is 173 Å². The zero-order chi connectivity index (χ0) is 20.5. The minimum Gasteiger partial charge on any atom is -0.347 e. The second kappa shape index (κ2) is 7.92. The standard InChI is InChI=1S/C23H28N2O3S/c1-29(27,28)20-11-7-10-19(16-20)23(12-13-23)22(26)24-21(17-25-14-5-6-15-25)18-8-3-2-4-9-18/h2-4,7-11,16,21H,5-6,12-15,17H2,1H3,(H,24,26). The van der Waals surface area contributed by atoms with Crippen molar-refractivity contribution in [3.63, 3.8) is 0 Å². The Bertz CT molecular complexity index is 978. The van der Waals surface area contributed by atoms with Crippen LogP contribution in [-0.2, 0) is 20.0 Å². The van der Waals surface area contributed by atoms with Gasteiger partial charge in [-0.3, -0.25) is 4.79 Å². The van der Waals surface area contributed by atoms with Gasteiger partial charge in [-0.2, -0.15) is 0 Å². The van der Waals surface area contributed by atoms with E-state index in [2.05, 4.69) is 22.3 Å². The van der Waals surface area contributed by atoms with E-state index in [4.69, 9.17) is 0 Å². The maximum absolute atomic E-state index is 13.4. The maximum atomic E-state index is 13.4. The van der Waals surface area contributed by atoms with Crippen LogP contribution in [0.1, 0.15) is 42.9 Å². The zero-order valence-corrected chi connectivity index (χ0v) is 17.6. The predicted octanol–water partition coefficient (Wildman–Crippen LogP) is 3.08. The SMILES string of the molecule is CS(=O)(=O)c1cccc(C2(C(=O)NC(CN3CCCC3)c3ccccc3)CC2)c1. The lowest BCUT2D eigenvalue weighted by Crippen LogP contribution is -2.41. The molecule has 2 aromatic carbocycles. The van der Waals surface area contributed by atoms with Gasteiger partial charge in [-0.05, 0) is 62.0 Å². The molecule has 1 amide bonds. The normalized spacial score (nSPS) is 19.6. The molecular formula is C23H28N2O3S. The van der Waals surface area contributed by atoms with Crippen LogP contribution in [0.25, 0.3) is 0 Å². The van der Waals surface area contributed by atoms with Gasteiger partial charge in [-0.25, -0.2) is 8.42 Å². The summed E-state index contributed by atoms with van der Waals surface area (Å²) in [4.78, 5) is 16.0. The van der Waals surface area contributed by atoms with Crippen molar-refractivity contribution in [2.75, 3.05) is 25.9 Å². The number of carbonyl (C=O) groups is 1. The van der Waals surface area contributed by atoms with E-state index in [-0.39, 0.29) is 16.8 Å². The van der Waals surface area contributed by atoms with Gasteiger partial charge in [-0.15, -0.1) is 0 Å². The van der Waals surface area contributed by atoms with Crippen molar-refractivity contribution >= 4 is 15.7 Å². The molecule has 154 valence electrons. The molecule has 1 saturated heterocycles. The number of rotatable bonds is 7. The molecule has 2 fully saturated rings. The summed E-state index contributed by atoms with van der Waals surface area (Å²) < 4.78 is 23.9. The lowest BCUT2D eigenvalue weighted by molar-refractivity contribution is -0.124. The number of nitrogens with zero attached hydrogens (tertiary/aromatic N) is 1. The fourth-order valence-corrected chi connectivity index (χ4v) is 4.90. The molecule has 1 aliphatic heterocycles. The molecule has 1 saturated carbocycles. The fourth-order valence-electron chi connectivity index (χ4n) is 4.24. The highest BCUT2D eigenvalue weighted by molar-refractivity contribution is 7.90. The van der Waals surface area contributed by atoms with Crippen molar-refractivity contribution in [1.29, 1.82) is 0 Å². The number of benzene rings is 2. The van der Waals surface area contributed by atoms with E-state index in [1.807, 2.05) is 24.3 Å². The van der Waals surface area contributed by atoms with Crippen molar-refractivity contribution in [1.82, 2.24) is 10.2 Å². The first-order chi connectivity index (χ1) is 13.9. The minimum atomic E-state index is -3.30. The first-order valence-electron chi connectivity index (χ1n) is 10.3. The molecule has 0 spiro atoms. The highest BCUT2D eigenvalue weighted by atomic mass is 32.2. The summed E-state index contributed by atoms with van der Waals surface area (Å²) in [7, 11) is -3.30. The van der Waals surface area contributed by atoms with Crippen LogP contribution in [0.5, 0.6) is 0 Å². The third-order valence-electron chi connectivity index (χ3n) is 6.15. The minimum absolute atomic E-state index is 0.00352. The number of hydrogen-bond donors (Lipinski definition) is 1. The Hall–Kier alpha value is -2.18. The zero-order valence-electron chi connectivity index (χ0n) is 16.8. The van der Waals surface area contributed by atoms with Gasteiger partial charge in [0.25, 0.3) is 0 Å². The topological polar surface area (TPSA) is 66.5 Å². The lowest BCUT2D eigenvalue weighted by Gasteiger charge is -2.27. The first-order valence-corrected chi connectivity index (χ1v) is 12.2. The molecule has 29 heavy (non-hydrogen) atoms. The van der Waals surface area contributed by atoms with Crippen molar-refractivity contribution < 1.29 is 13.2 Å². The van der Waals surface area contributed by atoms with Gasteiger partial charge in [0.15, 0.2) is 9.84 Å². The van der Waals surface area contributed by atoms with Gasteiger partial charge in [-0.1, -0.05) is 42.5 Å². The molecule has 5 nitrogen and oxygen atoms in total. The van der Waals surface area contributed by atoms with Gasteiger partial charge in [0, 0.05) is 12.8 Å². The van der Waals surface area contributed by atoms with Crippen LogP contribution in [0.2, 0.25) is 0 Å². The molecule has 1 aliphatic carbocycles. The van der Waals surface area contributed by atoms with E-state index < -0.39 is 15.3 Å². The van der Waals surface area contributed by atoms with Gasteiger partial charge < -0.3 is 10.2 Å². The molecular weight excluding hydrogens is 384 g/mol. The van der Waals surface area contributed by atoms with E-state index in [1.165, 1.54) is 19.1 Å². The summed E-state index contributed by atoms with van der Waals surface area (Å²) >= 11 is 0. The molecule has 0 aromatic heterocycles. The van der Waals surface area contributed by atoms with Gasteiger partial charge in [0.2, 0.25) is 5.91 Å². The van der Waals surface area contributed by atoms with Crippen LogP contribution >= 0.6 is 0 Å². The van der Waals surface area contributed by atoms with Crippen LogP contribution in [-0.4, -0.2) is 45.1 Å². The Morgan fingerprint density at radius 1 is 1.07 bits per heavy atom. The smallest absolute Gasteiger partial charge is 0.231 e. The molecule has 2 aliphatic rings. The molecule has 1 unspecified atom stereocenters. The second-order valence-electron chi connectivity index (χ2n) is 8.33. The summed E-state index contributed by atoms with van der Waals surface area (Å²) in [5.41, 5.74) is 1.29. The Balaban J connectivity index is 1.57. The van der Waals surface area contributed by atoms with Crippen LogP contribution in [0.15, 0.2) is 59.5 Å². The average Bonchev–Trinajstić information content (AvgIpc) is 3.38. The van der Waals surface area contributed by atoms with Gasteiger partial charge in [0.05, 0.1) is 16.4 Å². The summed E-state index contributed by atoms with van der Waals surface area (Å²) in [6.07, 6.45) is 5.11. The molecule has 1 heterocycles. The summed E-state index contributed by atoms with van der Waals surface area (Å²) in [6.45, 7) is 2.94. The maximum Gasteiger partial charge on any atom is 0.231 e. The van der Waals surface area contributed by atoms with Gasteiger partial charge >= 0.3 is 0 Å².